The van der Waals surface area contributed by atoms with Gasteiger partial charge in [-0.3, -0.25) is 0 Å². The van der Waals surface area contributed by atoms with E-state index in [0.29, 0.717) is 22.4 Å². The maximum Gasteiger partial charge on any atom is 0.226 e. The fourth-order valence-electron chi connectivity index (χ4n) is 2.41. The minimum atomic E-state index is 0.589. The number of oxazole rings is 1. The quantitative estimate of drug-likeness (QED) is 0.491. The first-order valence-corrected chi connectivity index (χ1v) is 9.43. The topological polar surface area (TPSA) is 69.6 Å². The molecule has 0 aliphatic carbocycles. The van der Waals surface area contributed by atoms with Crippen molar-refractivity contribution in [3.63, 3.8) is 0 Å². The van der Waals surface area contributed by atoms with E-state index in [-0.39, 0.29) is 0 Å². The molecule has 0 spiro atoms. The monoisotopic (exact) mass is 383 g/mol. The minimum absolute atomic E-state index is 0.589. The lowest BCUT2D eigenvalue weighted by Crippen LogP contribution is -2.02. The van der Waals surface area contributed by atoms with Gasteiger partial charge < -0.3 is 4.42 Å². The van der Waals surface area contributed by atoms with Crippen molar-refractivity contribution in [1.29, 1.82) is 0 Å². The first-order chi connectivity index (χ1) is 12.8. The van der Waals surface area contributed by atoms with E-state index in [1.54, 1.807) is 22.7 Å². The van der Waals surface area contributed by atoms with Gasteiger partial charge in [0.15, 0.2) is 5.82 Å². The third kappa shape index (κ3) is 3.79. The molecule has 4 aromatic rings. The summed E-state index contributed by atoms with van der Waals surface area (Å²) < 4.78 is 7.30. The highest BCUT2D eigenvalue weighted by atomic mass is 35.5. The number of aromatic nitrogens is 5. The molecular weight excluding hydrogens is 370 g/mol. The Kier molecular flexibility index (Phi) is 4.99. The molecule has 0 unspecified atom stereocenters. The lowest BCUT2D eigenvalue weighted by atomic mass is 10.2. The van der Waals surface area contributed by atoms with Crippen LogP contribution >= 0.6 is 23.4 Å². The van der Waals surface area contributed by atoms with E-state index in [1.807, 2.05) is 54.6 Å². The summed E-state index contributed by atoms with van der Waals surface area (Å²) in [5, 5.41) is 12.6. The highest BCUT2D eigenvalue weighted by Gasteiger charge is 2.10. The fraction of sp³-hybridized carbons (Fsp3) is 0.111. The molecule has 0 saturated carbocycles. The van der Waals surface area contributed by atoms with Gasteiger partial charge in [-0.1, -0.05) is 29.8 Å². The molecule has 0 aliphatic heterocycles. The number of hydrogen-bond acceptors (Lipinski definition) is 6. The van der Waals surface area contributed by atoms with E-state index in [0.717, 1.165) is 22.8 Å². The van der Waals surface area contributed by atoms with Crippen molar-refractivity contribution < 1.29 is 4.42 Å². The molecule has 8 heteroatoms. The van der Waals surface area contributed by atoms with E-state index < -0.39 is 0 Å². The molecule has 130 valence electrons. The van der Waals surface area contributed by atoms with Crippen LogP contribution in [0.1, 0.15) is 11.5 Å². The molecule has 0 bridgehead atoms. The number of hydrogen-bond donors (Lipinski definition) is 0. The van der Waals surface area contributed by atoms with E-state index >= 15 is 0 Å². The smallest absolute Gasteiger partial charge is 0.226 e. The van der Waals surface area contributed by atoms with Crippen LogP contribution in [0.4, 0.5) is 0 Å². The molecule has 6 nitrogen and oxygen atoms in total. The lowest BCUT2D eigenvalue weighted by molar-refractivity contribution is 0.573. The number of nitrogens with zero attached hydrogens (tertiary/aromatic N) is 5. The summed E-state index contributed by atoms with van der Waals surface area (Å²) in [6, 6.07) is 17.2. The number of halogens is 1. The van der Waals surface area contributed by atoms with Crippen molar-refractivity contribution in [2.45, 2.75) is 11.5 Å². The molecule has 26 heavy (non-hydrogen) atoms. The molecule has 0 aliphatic rings. The minimum Gasteiger partial charge on any atom is -0.444 e. The SMILES string of the molecule is Clc1ccc(-c2nc(CSCc3nnnn3-c3ccccc3)co2)cc1. The van der Waals surface area contributed by atoms with Gasteiger partial charge in [-0.25, -0.2) is 4.98 Å². The van der Waals surface area contributed by atoms with Crippen LogP contribution in [-0.4, -0.2) is 25.2 Å². The van der Waals surface area contributed by atoms with Crippen molar-refractivity contribution >= 4 is 23.4 Å². The number of benzene rings is 2. The highest BCUT2D eigenvalue weighted by Crippen LogP contribution is 2.23. The van der Waals surface area contributed by atoms with E-state index in [1.165, 1.54) is 0 Å². The van der Waals surface area contributed by atoms with Gasteiger partial charge in [0.05, 0.1) is 17.1 Å². The molecule has 0 amide bonds. The molecule has 4 rings (SSSR count). The summed E-state index contributed by atoms with van der Waals surface area (Å²) in [4.78, 5) is 4.52. The van der Waals surface area contributed by atoms with Gasteiger partial charge >= 0.3 is 0 Å². The molecule has 0 fully saturated rings. The largest absolute Gasteiger partial charge is 0.444 e. The zero-order valence-electron chi connectivity index (χ0n) is 13.6. The summed E-state index contributed by atoms with van der Waals surface area (Å²) in [5.41, 5.74) is 2.72. The van der Waals surface area contributed by atoms with E-state index in [4.69, 9.17) is 16.0 Å². The second kappa shape index (κ2) is 7.72. The van der Waals surface area contributed by atoms with E-state index in [2.05, 4.69) is 20.5 Å². The van der Waals surface area contributed by atoms with Crippen molar-refractivity contribution in [2.24, 2.45) is 0 Å². The average molecular weight is 384 g/mol. The lowest BCUT2D eigenvalue weighted by Gasteiger charge is -2.03. The van der Waals surface area contributed by atoms with Gasteiger partial charge in [-0.05, 0) is 46.8 Å². The Labute approximate surface area is 159 Å². The number of tetrazole rings is 1. The van der Waals surface area contributed by atoms with Gasteiger partial charge in [0, 0.05) is 16.3 Å². The Morgan fingerprint density at radius 1 is 1.00 bits per heavy atom. The van der Waals surface area contributed by atoms with Gasteiger partial charge in [0.2, 0.25) is 5.89 Å². The summed E-state index contributed by atoms with van der Waals surface area (Å²) in [5.74, 6) is 2.76. The van der Waals surface area contributed by atoms with Crippen LogP contribution in [0, 0.1) is 0 Å². The van der Waals surface area contributed by atoms with Crippen molar-refractivity contribution in [2.75, 3.05) is 0 Å². The first kappa shape index (κ1) is 16.8. The fourth-order valence-corrected chi connectivity index (χ4v) is 3.34. The summed E-state index contributed by atoms with van der Waals surface area (Å²) in [6.45, 7) is 0. The molecule has 0 N–H and O–H groups in total. The van der Waals surface area contributed by atoms with Gasteiger partial charge in [0.25, 0.3) is 0 Å². The van der Waals surface area contributed by atoms with Crippen molar-refractivity contribution in [3.05, 3.63) is 77.4 Å². The molecule has 0 radical (unpaired) electrons. The van der Waals surface area contributed by atoms with E-state index in [9.17, 15) is 0 Å². The zero-order chi connectivity index (χ0) is 17.8. The van der Waals surface area contributed by atoms with Crippen LogP contribution in [0.2, 0.25) is 5.02 Å². The van der Waals surface area contributed by atoms with Crippen LogP contribution in [0.3, 0.4) is 0 Å². The second-order valence-electron chi connectivity index (χ2n) is 5.49. The predicted octanol–water partition coefficient (Wildman–Crippen LogP) is 4.40. The maximum absolute atomic E-state index is 5.91. The predicted molar refractivity (Wildman–Crippen MR) is 101 cm³/mol. The number of rotatable bonds is 6. The van der Waals surface area contributed by atoms with Gasteiger partial charge in [-0.2, -0.15) is 4.68 Å². The standard InChI is InChI=1S/C18H14ClN5OS/c19-14-8-6-13(7-9-14)18-20-15(10-25-18)11-26-12-17-21-22-23-24(17)16-4-2-1-3-5-16/h1-10H,11-12H2. The number of para-hydroxylation sites is 1. The zero-order valence-corrected chi connectivity index (χ0v) is 15.2. The van der Waals surface area contributed by atoms with Gasteiger partial charge in [-0.15, -0.1) is 16.9 Å². The summed E-state index contributed by atoms with van der Waals surface area (Å²) in [6.07, 6.45) is 1.68. The third-order valence-corrected chi connectivity index (χ3v) is 4.87. The first-order valence-electron chi connectivity index (χ1n) is 7.90. The van der Waals surface area contributed by atoms with Crippen LogP contribution < -0.4 is 0 Å². The average Bonchev–Trinajstić information content (AvgIpc) is 3.33. The highest BCUT2D eigenvalue weighted by molar-refractivity contribution is 7.97. The molecule has 2 aromatic heterocycles. The Balaban J connectivity index is 1.39. The molecule has 2 heterocycles. The molecular formula is C18H14ClN5OS. The van der Waals surface area contributed by atoms with Crippen molar-refractivity contribution in [3.8, 4) is 17.1 Å². The third-order valence-electron chi connectivity index (χ3n) is 3.66. The Bertz CT molecular complexity index is 984. The normalized spacial score (nSPS) is 11.0. The molecule has 2 aromatic carbocycles. The Hall–Kier alpha value is -2.64. The van der Waals surface area contributed by atoms with Crippen LogP contribution in [0.25, 0.3) is 17.1 Å². The van der Waals surface area contributed by atoms with Crippen LogP contribution in [0.5, 0.6) is 0 Å². The number of thioether (sulfide) groups is 1. The molecule has 0 atom stereocenters. The van der Waals surface area contributed by atoms with Crippen molar-refractivity contribution in [1.82, 2.24) is 25.2 Å². The summed E-state index contributed by atoms with van der Waals surface area (Å²) >= 11 is 7.58. The molecule has 0 saturated heterocycles. The summed E-state index contributed by atoms with van der Waals surface area (Å²) in [7, 11) is 0. The Morgan fingerprint density at radius 3 is 2.62 bits per heavy atom. The Morgan fingerprint density at radius 2 is 1.81 bits per heavy atom. The second-order valence-corrected chi connectivity index (χ2v) is 6.91. The van der Waals surface area contributed by atoms with Crippen LogP contribution in [-0.2, 0) is 11.5 Å². The van der Waals surface area contributed by atoms with Crippen LogP contribution in [0.15, 0.2) is 65.3 Å². The maximum atomic E-state index is 5.91. The van der Waals surface area contributed by atoms with Gasteiger partial charge in [0.1, 0.15) is 6.26 Å².